The molecule has 0 saturated heterocycles. The summed E-state index contributed by atoms with van der Waals surface area (Å²) >= 11 is 0. The van der Waals surface area contributed by atoms with Crippen molar-refractivity contribution in [1.29, 1.82) is 0 Å². The van der Waals surface area contributed by atoms with Gasteiger partial charge in [-0.2, -0.15) is 0 Å². The first-order valence-electron chi connectivity index (χ1n) is 15.7. The molecule has 0 bridgehead atoms. The molecule has 0 spiro atoms. The Morgan fingerprint density at radius 2 is 0.935 bits per heavy atom. The van der Waals surface area contributed by atoms with Crippen LogP contribution in [0.25, 0.3) is 65.7 Å². The highest BCUT2D eigenvalue weighted by Gasteiger charge is 2.17. The maximum absolute atomic E-state index is 6.46. The number of hydrogen-bond acceptors (Lipinski definition) is 2. The van der Waals surface area contributed by atoms with Gasteiger partial charge in [0, 0.05) is 33.2 Å². The van der Waals surface area contributed by atoms with Crippen LogP contribution in [0.15, 0.2) is 180 Å². The second-order valence-corrected chi connectivity index (χ2v) is 11.8. The van der Waals surface area contributed by atoms with Crippen LogP contribution in [0.4, 0.5) is 17.1 Å². The lowest BCUT2D eigenvalue weighted by atomic mass is 9.98. The lowest BCUT2D eigenvalue weighted by Gasteiger charge is -2.26. The zero-order valence-electron chi connectivity index (χ0n) is 25.1. The topological polar surface area (TPSA) is 16.4 Å². The molecule has 46 heavy (non-hydrogen) atoms. The van der Waals surface area contributed by atoms with Gasteiger partial charge in [0.1, 0.15) is 11.2 Å². The van der Waals surface area contributed by atoms with Crippen molar-refractivity contribution in [3.8, 4) is 22.3 Å². The molecule has 1 heterocycles. The number of furan rings is 1. The van der Waals surface area contributed by atoms with E-state index in [2.05, 4.69) is 181 Å². The zero-order valence-corrected chi connectivity index (χ0v) is 25.1. The molecule has 8 aromatic carbocycles. The van der Waals surface area contributed by atoms with E-state index >= 15 is 0 Å². The fourth-order valence-corrected chi connectivity index (χ4v) is 6.78. The summed E-state index contributed by atoms with van der Waals surface area (Å²) in [6, 6.07) is 62.7. The summed E-state index contributed by atoms with van der Waals surface area (Å²) in [5.74, 6) is 0. The molecule has 0 radical (unpaired) electrons. The molecule has 2 nitrogen and oxygen atoms in total. The second-order valence-electron chi connectivity index (χ2n) is 11.8. The van der Waals surface area contributed by atoms with Crippen molar-refractivity contribution in [3.05, 3.63) is 176 Å². The summed E-state index contributed by atoms with van der Waals surface area (Å²) in [5, 5.41) is 7.06. The van der Waals surface area contributed by atoms with E-state index in [1.54, 1.807) is 0 Å². The van der Waals surface area contributed by atoms with Gasteiger partial charge in [0.05, 0.1) is 0 Å². The summed E-state index contributed by atoms with van der Waals surface area (Å²) in [7, 11) is 0. The normalized spacial score (nSPS) is 11.5. The van der Waals surface area contributed by atoms with Gasteiger partial charge < -0.3 is 9.32 Å². The Labute approximate surface area is 267 Å². The monoisotopic (exact) mass is 587 g/mol. The number of rotatable bonds is 5. The van der Waals surface area contributed by atoms with Crippen LogP contribution < -0.4 is 4.90 Å². The predicted octanol–water partition coefficient (Wildman–Crippen LogP) is 12.7. The molecule has 0 saturated carbocycles. The Morgan fingerprint density at radius 3 is 1.70 bits per heavy atom. The summed E-state index contributed by atoms with van der Waals surface area (Å²) in [4.78, 5) is 2.33. The molecule has 9 rings (SSSR count). The van der Waals surface area contributed by atoms with Crippen LogP contribution in [0.5, 0.6) is 0 Å². The first-order chi connectivity index (χ1) is 22.8. The lowest BCUT2D eigenvalue weighted by Crippen LogP contribution is -2.09. The molecule has 2 heteroatoms. The van der Waals surface area contributed by atoms with Crippen molar-refractivity contribution < 1.29 is 4.42 Å². The minimum absolute atomic E-state index is 0.890. The molecule has 216 valence electrons. The highest BCUT2D eigenvalue weighted by molar-refractivity contribution is 6.15. The van der Waals surface area contributed by atoms with Gasteiger partial charge in [0.15, 0.2) is 0 Å². The van der Waals surface area contributed by atoms with E-state index in [9.17, 15) is 0 Å². The van der Waals surface area contributed by atoms with Gasteiger partial charge in [-0.1, -0.05) is 127 Å². The van der Waals surface area contributed by atoms with Gasteiger partial charge in [-0.05, 0) is 86.9 Å². The third kappa shape index (κ3) is 4.43. The van der Waals surface area contributed by atoms with Gasteiger partial charge in [-0.25, -0.2) is 0 Å². The maximum atomic E-state index is 6.46. The van der Waals surface area contributed by atoms with E-state index in [0.29, 0.717) is 0 Å². The van der Waals surface area contributed by atoms with Gasteiger partial charge in [0.25, 0.3) is 0 Å². The quantitative estimate of drug-likeness (QED) is 0.199. The molecular formula is C44H29NO. The zero-order chi connectivity index (χ0) is 30.5. The van der Waals surface area contributed by atoms with Gasteiger partial charge in [-0.15, -0.1) is 0 Å². The number of fused-ring (bicyclic) bond motifs is 6. The molecule has 0 N–H and O–H groups in total. The summed E-state index contributed by atoms with van der Waals surface area (Å²) < 4.78 is 6.46. The van der Waals surface area contributed by atoms with Crippen molar-refractivity contribution in [2.45, 2.75) is 0 Å². The molecule has 9 aromatic rings. The molecule has 0 unspecified atom stereocenters. The standard InChI is InChI=1S/C44H29NO/c1-2-9-30(10-3-1)31-17-22-35(23-18-31)45(36-24-19-34(20-25-36)39-16-8-13-32-11-4-6-14-38(32)39)37-26-28-43-42(29-37)41-27-21-33-12-5-7-15-40(33)44(41)46-43/h1-29H. The number of benzene rings is 8. The Hall–Kier alpha value is -6.12. The fourth-order valence-electron chi connectivity index (χ4n) is 6.78. The molecular weight excluding hydrogens is 558 g/mol. The highest BCUT2D eigenvalue weighted by Crippen LogP contribution is 2.41. The number of hydrogen-bond donors (Lipinski definition) is 0. The molecule has 0 atom stereocenters. The van der Waals surface area contributed by atoms with Gasteiger partial charge >= 0.3 is 0 Å². The van der Waals surface area contributed by atoms with Crippen molar-refractivity contribution in [2.75, 3.05) is 4.90 Å². The van der Waals surface area contributed by atoms with Crippen LogP contribution in [-0.2, 0) is 0 Å². The number of anilines is 3. The van der Waals surface area contributed by atoms with E-state index in [1.807, 2.05) is 0 Å². The maximum Gasteiger partial charge on any atom is 0.143 e. The van der Waals surface area contributed by atoms with Crippen molar-refractivity contribution in [2.24, 2.45) is 0 Å². The molecule has 0 fully saturated rings. The second kappa shape index (κ2) is 10.8. The van der Waals surface area contributed by atoms with Crippen LogP contribution in [0.3, 0.4) is 0 Å². The van der Waals surface area contributed by atoms with Crippen LogP contribution >= 0.6 is 0 Å². The number of nitrogens with zero attached hydrogens (tertiary/aromatic N) is 1. The minimum Gasteiger partial charge on any atom is -0.455 e. The third-order valence-electron chi connectivity index (χ3n) is 9.06. The predicted molar refractivity (Wildman–Crippen MR) is 194 cm³/mol. The smallest absolute Gasteiger partial charge is 0.143 e. The van der Waals surface area contributed by atoms with E-state index in [4.69, 9.17) is 4.42 Å². The van der Waals surface area contributed by atoms with Crippen LogP contribution in [0, 0.1) is 0 Å². The van der Waals surface area contributed by atoms with Crippen molar-refractivity contribution in [3.63, 3.8) is 0 Å². The van der Waals surface area contributed by atoms with Crippen LogP contribution in [0.2, 0.25) is 0 Å². The SMILES string of the molecule is c1ccc(-c2ccc(N(c3ccc(-c4cccc5ccccc45)cc3)c3ccc4oc5c6ccccc6ccc5c4c3)cc2)cc1. The van der Waals surface area contributed by atoms with Crippen LogP contribution in [0.1, 0.15) is 0 Å². The summed E-state index contributed by atoms with van der Waals surface area (Å²) in [5.41, 5.74) is 9.92. The first kappa shape index (κ1) is 26.3. The molecule has 0 aliphatic rings. The molecule has 0 aliphatic carbocycles. The van der Waals surface area contributed by atoms with E-state index < -0.39 is 0 Å². The van der Waals surface area contributed by atoms with Crippen molar-refractivity contribution in [1.82, 2.24) is 0 Å². The Kier molecular flexibility index (Phi) is 6.17. The lowest BCUT2D eigenvalue weighted by molar-refractivity contribution is 0.672. The third-order valence-corrected chi connectivity index (χ3v) is 9.06. The van der Waals surface area contributed by atoms with Crippen molar-refractivity contribution >= 4 is 60.5 Å². The summed E-state index contributed by atoms with van der Waals surface area (Å²) in [6.45, 7) is 0. The Balaban J connectivity index is 1.19. The first-order valence-corrected chi connectivity index (χ1v) is 15.7. The largest absolute Gasteiger partial charge is 0.455 e. The Bertz CT molecular complexity index is 2500. The molecule has 1 aromatic heterocycles. The van der Waals surface area contributed by atoms with Gasteiger partial charge in [0.2, 0.25) is 0 Å². The minimum atomic E-state index is 0.890. The average molecular weight is 588 g/mol. The van der Waals surface area contributed by atoms with Gasteiger partial charge in [-0.3, -0.25) is 0 Å². The molecule has 0 aliphatic heterocycles. The van der Waals surface area contributed by atoms with E-state index in [1.165, 1.54) is 38.4 Å². The van der Waals surface area contributed by atoms with E-state index in [-0.39, 0.29) is 0 Å². The fraction of sp³-hybridized carbons (Fsp3) is 0. The Morgan fingerprint density at radius 1 is 0.348 bits per heavy atom. The highest BCUT2D eigenvalue weighted by atomic mass is 16.3. The van der Waals surface area contributed by atoms with Crippen LogP contribution in [-0.4, -0.2) is 0 Å². The van der Waals surface area contributed by atoms with E-state index in [0.717, 1.165) is 44.4 Å². The summed E-state index contributed by atoms with van der Waals surface area (Å²) in [6.07, 6.45) is 0. The molecule has 0 amide bonds. The average Bonchev–Trinajstić information content (AvgIpc) is 3.51.